The molecular weight excluding hydrogens is 422 g/mol. The van der Waals surface area contributed by atoms with E-state index in [9.17, 15) is 9.59 Å². The molecule has 2 atom stereocenters. The average molecular weight is 452 g/mol. The van der Waals surface area contributed by atoms with Crippen molar-refractivity contribution >= 4 is 39.0 Å². The van der Waals surface area contributed by atoms with Gasteiger partial charge >= 0.3 is 0 Å². The monoisotopic (exact) mass is 451 g/mol. The van der Waals surface area contributed by atoms with Crippen LogP contribution in [0.5, 0.6) is 0 Å². The average Bonchev–Trinajstić information content (AvgIpc) is 2.99. The minimum atomic E-state index is -0.563. The number of hydrogen-bond acceptors (Lipinski definition) is 3. The van der Waals surface area contributed by atoms with Crippen molar-refractivity contribution in [3.05, 3.63) is 90.0 Å². The standard InChI is InChI=1S/C29H29N3O2/c1-19(30-2)28(33)31-26-15-14-20-8-5-6-13-27(20)32(29(26)34)18-24-12-7-11-23-16-21-9-3-4-10-22(21)17-25(23)24/h3-13,16-17,19,26,30H,14-15,18H2,1-2H3,(H,31,33)/t19-,26?/m0/s1. The largest absolute Gasteiger partial charge is 0.343 e. The molecule has 0 saturated heterocycles. The topological polar surface area (TPSA) is 61.4 Å². The van der Waals surface area contributed by atoms with E-state index in [2.05, 4.69) is 59.2 Å². The SMILES string of the molecule is CN[C@@H](C)C(=O)NC1CCc2ccccc2N(Cc2cccc3cc4ccccc4cc23)C1=O. The van der Waals surface area contributed by atoms with Gasteiger partial charge in [0.2, 0.25) is 11.8 Å². The fourth-order valence-corrected chi connectivity index (χ4v) is 4.78. The summed E-state index contributed by atoms with van der Waals surface area (Å²) in [6.07, 6.45) is 1.31. The molecule has 34 heavy (non-hydrogen) atoms. The van der Waals surface area contributed by atoms with E-state index in [-0.39, 0.29) is 17.9 Å². The molecular formula is C29H29N3O2. The minimum Gasteiger partial charge on any atom is -0.343 e. The summed E-state index contributed by atoms with van der Waals surface area (Å²) >= 11 is 0. The molecule has 2 amide bonds. The molecule has 1 aliphatic rings. The Bertz CT molecular complexity index is 1380. The van der Waals surface area contributed by atoms with E-state index in [0.717, 1.165) is 34.0 Å². The Balaban J connectivity index is 1.55. The third kappa shape index (κ3) is 4.15. The first-order chi connectivity index (χ1) is 16.5. The van der Waals surface area contributed by atoms with E-state index < -0.39 is 6.04 Å². The summed E-state index contributed by atoms with van der Waals surface area (Å²) < 4.78 is 0. The highest BCUT2D eigenvalue weighted by molar-refractivity contribution is 6.03. The van der Waals surface area contributed by atoms with Gasteiger partial charge in [-0.15, -0.1) is 0 Å². The lowest BCUT2D eigenvalue weighted by atomic mass is 9.99. The molecule has 0 aliphatic carbocycles. The lowest BCUT2D eigenvalue weighted by molar-refractivity contribution is -0.128. The van der Waals surface area contributed by atoms with Gasteiger partial charge in [-0.3, -0.25) is 9.59 Å². The smallest absolute Gasteiger partial charge is 0.249 e. The van der Waals surface area contributed by atoms with Crippen molar-refractivity contribution in [2.75, 3.05) is 11.9 Å². The van der Waals surface area contributed by atoms with Gasteiger partial charge in [-0.05, 0) is 77.7 Å². The van der Waals surface area contributed by atoms with Gasteiger partial charge in [0.25, 0.3) is 0 Å². The molecule has 4 aromatic carbocycles. The zero-order valence-corrected chi connectivity index (χ0v) is 19.5. The van der Waals surface area contributed by atoms with Gasteiger partial charge in [-0.25, -0.2) is 0 Å². The number of para-hydroxylation sites is 1. The summed E-state index contributed by atoms with van der Waals surface area (Å²) in [7, 11) is 1.74. The number of likely N-dealkylation sites (N-methyl/N-ethyl adjacent to an activating group) is 1. The number of rotatable bonds is 5. The molecule has 0 saturated carbocycles. The summed E-state index contributed by atoms with van der Waals surface area (Å²) in [6, 6.07) is 26.1. The highest BCUT2D eigenvalue weighted by Crippen LogP contribution is 2.31. The number of fused-ring (bicyclic) bond motifs is 3. The van der Waals surface area contributed by atoms with Crippen LogP contribution in [0, 0.1) is 0 Å². The number of carbonyl (C=O) groups excluding carboxylic acids is 2. The summed E-state index contributed by atoms with van der Waals surface area (Å²) in [6.45, 7) is 2.24. The Morgan fingerprint density at radius 3 is 2.47 bits per heavy atom. The lowest BCUT2D eigenvalue weighted by Crippen LogP contribution is -2.52. The van der Waals surface area contributed by atoms with Crippen molar-refractivity contribution < 1.29 is 9.59 Å². The summed E-state index contributed by atoms with van der Waals surface area (Å²) in [4.78, 5) is 28.2. The maximum absolute atomic E-state index is 13.8. The zero-order valence-electron chi connectivity index (χ0n) is 19.5. The van der Waals surface area contributed by atoms with Crippen LogP contribution in [0.2, 0.25) is 0 Å². The minimum absolute atomic E-state index is 0.0700. The van der Waals surface area contributed by atoms with Gasteiger partial charge < -0.3 is 15.5 Å². The number of nitrogens with zero attached hydrogens (tertiary/aromatic N) is 1. The summed E-state index contributed by atoms with van der Waals surface area (Å²) in [5.41, 5.74) is 3.13. The fraction of sp³-hybridized carbons (Fsp3) is 0.241. The highest BCUT2D eigenvalue weighted by atomic mass is 16.2. The first-order valence-corrected chi connectivity index (χ1v) is 11.8. The quantitative estimate of drug-likeness (QED) is 0.437. The van der Waals surface area contributed by atoms with Crippen LogP contribution < -0.4 is 15.5 Å². The molecule has 0 aromatic heterocycles. The van der Waals surface area contributed by atoms with E-state index in [1.807, 2.05) is 35.2 Å². The number of carbonyl (C=O) groups is 2. The molecule has 0 bridgehead atoms. The van der Waals surface area contributed by atoms with Crippen LogP contribution in [-0.4, -0.2) is 30.9 Å². The molecule has 5 heteroatoms. The van der Waals surface area contributed by atoms with E-state index in [1.54, 1.807) is 14.0 Å². The Kier molecular flexibility index (Phi) is 6.03. The van der Waals surface area contributed by atoms with Crippen molar-refractivity contribution in [1.29, 1.82) is 0 Å². The molecule has 0 radical (unpaired) electrons. The van der Waals surface area contributed by atoms with Gasteiger partial charge in [0.1, 0.15) is 6.04 Å². The van der Waals surface area contributed by atoms with Gasteiger partial charge in [-0.1, -0.05) is 60.7 Å². The third-order valence-corrected chi connectivity index (χ3v) is 6.86. The van der Waals surface area contributed by atoms with Gasteiger partial charge in [0.05, 0.1) is 12.6 Å². The van der Waals surface area contributed by atoms with Crippen LogP contribution >= 0.6 is 0 Å². The Hall–Kier alpha value is -3.70. The molecule has 1 heterocycles. The second-order valence-electron chi connectivity index (χ2n) is 9.00. The summed E-state index contributed by atoms with van der Waals surface area (Å²) in [5.74, 6) is -0.234. The first-order valence-electron chi connectivity index (χ1n) is 11.8. The van der Waals surface area contributed by atoms with Crippen molar-refractivity contribution in [2.24, 2.45) is 0 Å². The lowest BCUT2D eigenvalue weighted by Gasteiger charge is -2.27. The van der Waals surface area contributed by atoms with Crippen molar-refractivity contribution in [3.8, 4) is 0 Å². The highest BCUT2D eigenvalue weighted by Gasteiger charge is 2.32. The number of hydrogen-bond donors (Lipinski definition) is 2. The molecule has 1 aliphatic heterocycles. The Morgan fingerprint density at radius 1 is 0.971 bits per heavy atom. The Morgan fingerprint density at radius 2 is 1.68 bits per heavy atom. The predicted molar refractivity (Wildman–Crippen MR) is 138 cm³/mol. The first kappa shape index (κ1) is 22.1. The maximum atomic E-state index is 13.8. The second kappa shape index (κ2) is 9.27. The van der Waals surface area contributed by atoms with Gasteiger partial charge in [0, 0.05) is 5.69 Å². The molecule has 5 nitrogen and oxygen atoms in total. The van der Waals surface area contributed by atoms with Crippen LogP contribution in [0.4, 0.5) is 5.69 Å². The number of nitrogens with one attached hydrogen (secondary N) is 2. The Labute approximate surface area is 199 Å². The molecule has 0 fully saturated rings. The van der Waals surface area contributed by atoms with E-state index >= 15 is 0 Å². The third-order valence-electron chi connectivity index (χ3n) is 6.86. The van der Waals surface area contributed by atoms with Gasteiger partial charge in [-0.2, -0.15) is 0 Å². The normalized spacial score (nSPS) is 16.8. The van der Waals surface area contributed by atoms with Crippen LogP contribution in [0.15, 0.2) is 78.9 Å². The van der Waals surface area contributed by atoms with Crippen LogP contribution in [-0.2, 0) is 22.6 Å². The number of amides is 2. The number of benzene rings is 4. The zero-order chi connectivity index (χ0) is 23.7. The van der Waals surface area contributed by atoms with E-state index in [1.165, 1.54) is 10.8 Å². The molecule has 4 aromatic rings. The van der Waals surface area contributed by atoms with Crippen LogP contribution in [0.25, 0.3) is 21.5 Å². The van der Waals surface area contributed by atoms with E-state index in [0.29, 0.717) is 13.0 Å². The van der Waals surface area contributed by atoms with Crippen LogP contribution in [0.3, 0.4) is 0 Å². The molecule has 172 valence electrons. The van der Waals surface area contributed by atoms with Crippen molar-refractivity contribution in [1.82, 2.24) is 10.6 Å². The predicted octanol–water partition coefficient (Wildman–Crippen LogP) is 4.57. The molecule has 2 N–H and O–H groups in total. The molecule has 0 spiro atoms. The van der Waals surface area contributed by atoms with Crippen molar-refractivity contribution in [2.45, 2.75) is 38.4 Å². The summed E-state index contributed by atoms with van der Waals surface area (Å²) in [5, 5.41) is 10.6. The second-order valence-corrected chi connectivity index (χ2v) is 9.00. The van der Waals surface area contributed by atoms with Crippen LogP contribution in [0.1, 0.15) is 24.5 Å². The van der Waals surface area contributed by atoms with Gasteiger partial charge in [0.15, 0.2) is 0 Å². The maximum Gasteiger partial charge on any atom is 0.249 e. The number of aryl methyl sites for hydroxylation is 1. The molecule has 5 rings (SSSR count). The van der Waals surface area contributed by atoms with E-state index in [4.69, 9.17) is 0 Å². The van der Waals surface area contributed by atoms with Crippen molar-refractivity contribution in [3.63, 3.8) is 0 Å². The number of anilines is 1. The molecule has 1 unspecified atom stereocenters. The fourth-order valence-electron chi connectivity index (χ4n) is 4.78.